The average Bonchev–Trinajstić information content (AvgIpc) is 2.62. The molecular weight excluding hydrogens is 322 g/mol. The molecule has 0 saturated heterocycles. The van der Waals surface area contributed by atoms with Gasteiger partial charge in [-0.3, -0.25) is 10.1 Å². The summed E-state index contributed by atoms with van der Waals surface area (Å²) in [6.07, 6.45) is 3.91. The van der Waals surface area contributed by atoms with Gasteiger partial charge in [-0.25, -0.2) is 0 Å². The molecule has 2 aromatic rings. The molecule has 0 fully saturated rings. The number of azo groups is 1. The van der Waals surface area contributed by atoms with Gasteiger partial charge in [0.25, 0.3) is 0 Å². The number of nitrogens with zero attached hydrogens (tertiary/aromatic N) is 3. The van der Waals surface area contributed by atoms with Crippen LogP contribution in [-0.2, 0) is 0 Å². The Labute approximate surface area is 143 Å². The fourth-order valence-corrected chi connectivity index (χ4v) is 2.52. The lowest BCUT2D eigenvalue weighted by Crippen LogP contribution is -2.45. The van der Waals surface area contributed by atoms with Gasteiger partial charge < -0.3 is 10.2 Å². The lowest BCUT2D eigenvalue weighted by atomic mass is 9.99. The molecule has 7 nitrogen and oxygen atoms in total. The Bertz CT molecular complexity index is 877. The van der Waals surface area contributed by atoms with E-state index in [-0.39, 0.29) is 11.4 Å². The van der Waals surface area contributed by atoms with Crippen molar-refractivity contribution in [3.05, 3.63) is 82.9 Å². The standard InChI is InChI=1S/C18H15N3O4/c22-15-10-6-9-14(13-7-2-1-3-8-13)17(15)19-20-18(21(24)25)12-5-4-11-16(18)23/h1-12,16,22-23H. The Morgan fingerprint density at radius 2 is 1.84 bits per heavy atom. The van der Waals surface area contributed by atoms with E-state index in [4.69, 9.17) is 0 Å². The van der Waals surface area contributed by atoms with Crippen molar-refractivity contribution >= 4 is 5.69 Å². The number of phenolic OH excluding ortho intramolecular Hbond substituents is 1. The first-order valence-electron chi connectivity index (χ1n) is 7.53. The van der Waals surface area contributed by atoms with Crippen molar-refractivity contribution in [2.75, 3.05) is 0 Å². The summed E-state index contributed by atoms with van der Waals surface area (Å²) in [5.74, 6) is -0.159. The zero-order chi connectivity index (χ0) is 17.9. The van der Waals surface area contributed by atoms with Crippen LogP contribution >= 0.6 is 0 Å². The fraction of sp³-hybridized carbons (Fsp3) is 0.111. The molecule has 25 heavy (non-hydrogen) atoms. The maximum atomic E-state index is 11.5. The molecule has 0 aliphatic heterocycles. The van der Waals surface area contributed by atoms with Crippen molar-refractivity contribution in [1.82, 2.24) is 0 Å². The third-order valence-electron chi connectivity index (χ3n) is 3.88. The summed E-state index contributed by atoms with van der Waals surface area (Å²) in [6, 6.07) is 14.0. The number of aliphatic hydroxyl groups is 1. The average molecular weight is 337 g/mol. The molecule has 0 bridgehead atoms. The van der Waals surface area contributed by atoms with Crippen LogP contribution in [0.1, 0.15) is 0 Å². The summed E-state index contributed by atoms with van der Waals surface area (Å²) >= 11 is 0. The van der Waals surface area contributed by atoms with Gasteiger partial charge in [0, 0.05) is 11.6 Å². The lowest BCUT2D eigenvalue weighted by Gasteiger charge is -2.21. The highest BCUT2D eigenvalue weighted by Gasteiger charge is 2.48. The molecule has 0 saturated carbocycles. The predicted molar refractivity (Wildman–Crippen MR) is 92.1 cm³/mol. The molecule has 3 rings (SSSR count). The summed E-state index contributed by atoms with van der Waals surface area (Å²) in [7, 11) is 0. The molecule has 2 atom stereocenters. The zero-order valence-electron chi connectivity index (χ0n) is 13.1. The molecule has 0 spiro atoms. The molecule has 1 aliphatic rings. The minimum Gasteiger partial charge on any atom is -0.506 e. The van der Waals surface area contributed by atoms with Crippen LogP contribution in [0.2, 0.25) is 0 Å². The number of phenols is 1. The van der Waals surface area contributed by atoms with Crippen LogP contribution in [0.15, 0.2) is 83.1 Å². The Morgan fingerprint density at radius 1 is 1.08 bits per heavy atom. The maximum Gasteiger partial charge on any atom is 0.377 e. The minimum absolute atomic E-state index is 0.102. The van der Waals surface area contributed by atoms with Crippen LogP contribution in [0.4, 0.5) is 5.69 Å². The third-order valence-corrected chi connectivity index (χ3v) is 3.88. The largest absolute Gasteiger partial charge is 0.506 e. The Morgan fingerprint density at radius 3 is 2.52 bits per heavy atom. The van der Waals surface area contributed by atoms with E-state index in [1.165, 1.54) is 30.4 Å². The van der Waals surface area contributed by atoms with Gasteiger partial charge in [0.1, 0.15) is 11.4 Å². The van der Waals surface area contributed by atoms with Gasteiger partial charge in [0.15, 0.2) is 6.10 Å². The maximum absolute atomic E-state index is 11.5. The van der Waals surface area contributed by atoms with E-state index in [1.807, 2.05) is 30.3 Å². The van der Waals surface area contributed by atoms with E-state index in [0.29, 0.717) is 5.56 Å². The molecule has 126 valence electrons. The Kier molecular flexibility index (Phi) is 4.40. The Hall–Kier alpha value is -3.32. The highest BCUT2D eigenvalue weighted by atomic mass is 16.6. The summed E-state index contributed by atoms with van der Waals surface area (Å²) in [6.45, 7) is 0. The van der Waals surface area contributed by atoms with Crippen LogP contribution in [-0.4, -0.2) is 26.9 Å². The molecule has 2 N–H and O–H groups in total. The van der Waals surface area contributed by atoms with Gasteiger partial charge >= 0.3 is 5.66 Å². The molecule has 1 aliphatic carbocycles. The van der Waals surface area contributed by atoms with Crippen LogP contribution in [0.3, 0.4) is 0 Å². The van der Waals surface area contributed by atoms with E-state index in [1.54, 1.807) is 12.1 Å². The number of benzene rings is 2. The first kappa shape index (κ1) is 16.5. The summed E-state index contributed by atoms with van der Waals surface area (Å²) in [4.78, 5) is 10.8. The van der Waals surface area contributed by atoms with Gasteiger partial charge in [-0.15, -0.1) is 10.2 Å². The summed E-state index contributed by atoms with van der Waals surface area (Å²) in [5, 5.41) is 39.4. The highest BCUT2D eigenvalue weighted by Crippen LogP contribution is 2.39. The van der Waals surface area contributed by atoms with Crippen LogP contribution in [0.25, 0.3) is 11.1 Å². The van der Waals surface area contributed by atoms with E-state index in [0.717, 1.165) is 5.56 Å². The van der Waals surface area contributed by atoms with Crippen LogP contribution in [0.5, 0.6) is 5.75 Å². The first-order valence-corrected chi connectivity index (χ1v) is 7.53. The van der Waals surface area contributed by atoms with E-state index >= 15 is 0 Å². The molecule has 0 amide bonds. The summed E-state index contributed by atoms with van der Waals surface area (Å²) < 4.78 is 0. The van der Waals surface area contributed by atoms with E-state index in [9.17, 15) is 20.3 Å². The summed E-state index contributed by atoms with van der Waals surface area (Å²) in [5.41, 5.74) is -0.662. The van der Waals surface area contributed by atoms with Crippen molar-refractivity contribution in [2.24, 2.45) is 10.2 Å². The van der Waals surface area contributed by atoms with Crippen molar-refractivity contribution < 1.29 is 15.1 Å². The predicted octanol–water partition coefficient (Wildman–Crippen LogP) is 3.60. The third kappa shape index (κ3) is 3.05. The van der Waals surface area contributed by atoms with Crippen LogP contribution < -0.4 is 0 Å². The second kappa shape index (κ2) is 6.66. The van der Waals surface area contributed by atoms with Crippen molar-refractivity contribution in [2.45, 2.75) is 11.8 Å². The van der Waals surface area contributed by atoms with Gasteiger partial charge in [-0.2, -0.15) is 0 Å². The molecule has 7 heteroatoms. The van der Waals surface area contributed by atoms with E-state index in [2.05, 4.69) is 10.2 Å². The second-order valence-corrected chi connectivity index (χ2v) is 5.47. The highest BCUT2D eigenvalue weighted by molar-refractivity contribution is 5.79. The van der Waals surface area contributed by atoms with Crippen molar-refractivity contribution in [3.8, 4) is 16.9 Å². The van der Waals surface area contributed by atoms with Crippen molar-refractivity contribution in [3.63, 3.8) is 0 Å². The topological polar surface area (TPSA) is 108 Å². The number of hydrogen-bond acceptors (Lipinski definition) is 6. The SMILES string of the molecule is O=[N+]([O-])C1(N=Nc2c(O)cccc2-c2ccccc2)C=CC=CC1O. The molecule has 2 aromatic carbocycles. The second-order valence-electron chi connectivity index (χ2n) is 5.47. The Balaban J connectivity index is 2.09. The smallest absolute Gasteiger partial charge is 0.377 e. The van der Waals surface area contributed by atoms with Gasteiger partial charge in [0.2, 0.25) is 0 Å². The van der Waals surface area contributed by atoms with Crippen LogP contribution in [0, 0.1) is 10.1 Å². The van der Waals surface area contributed by atoms with Gasteiger partial charge in [0.05, 0.1) is 4.92 Å². The molecular formula is C18H15N3O4. The number of nitro groups is 1. The van der Waals surface area contributed by atoms with Crippen molar-refractivity contribution in [1.29, 1.82) is 0 Å². The normalized spacial score (nSPS) is 22.4. The fourth-order valence-electron chi connectivity index (χ4n) is 2.52. The molecule has 0 radical (unpaired) electrons. The number of rotatable bonds is 4. The zero-order valence-corrected chi connectivity index (χ0v) is 13.1. The number of hydrogen-bond donors (Lipinski definition) is 2. The molecule has 2 unspecified atom stereocenters. The van der Waals surface area contributed by atoms with Gasteiger partial charge in [-0.1, -0.05) is 54.6 Å². The quantitative estimate of drug-likeness (QED) is 0.504. The lowest BCUT2D eigenvalue weighted by molar-refractivity contribution is -0.564. The number of aromatic hydroxyl groups is 1. The number of allylic oxidation sites excluding steroid dienone is 2. The first-order chi connectivity index (χ1) is 12.0. The number of aliphatic hydroxyl groups excluding tert-OH is 1. The molecule has 0 heterocycles. The van der Waals surface area contributed by atoms with E-state index < -0.39 is 16.7 Å². The van der Waals surface area contributed by atoms with Gasteiger partial charge in [-0.05, 0) is 17.7 Å². The molecule has 0 aromatic heterocycles. The minimum atomic E-state index is -2.12. The monoisotopic (exact) mass is 337 g/mol.